The number of nitrogens with zero attached hydrogens (tertiary/aromatic N) is 5. The lowest BCUT2D eigenvalue weighted by molar-refractivity contribution is -0.000864. The Bertz CT molecular complexity index is 904. The number of aliphatic hydroxyl groups is 1. The number of carbonyl (C=O) groups is 1. The first kappa shape index (κ1) is 18.1. The SMILES string of the molecule is Cc1cc(C)n2nc(C(=O)N3C[C@H]4C[C@@H](N5CCCC5)[C@H](O)C[C@H]4C3)cc2n1. The van der Waals surface area contributed by atoms with Gasteiger partial charge in [-0.3, -0.25) is 9.69 Å². The average molecular weight is 383 g/mol. The van der Waals surface area contributed by atoms with Crippen molar-refractivity contribution >= 4 is 11.6 Å². The van der Waals surface area contributed by atoms with E-state index in [4.69, 9.17) is 0 Å². The molecule has 5 rings (SSSR count). The number of hydrogen-bond acceptors (Lipinski definition) is 5. The van der Waals surface area contributed by atoms with Crippen LogP contribution in [0.15, 0.2) is 12.1 Å². The Morgan fingerprint density at radius 3 is 2.57 bits per heavy atom. The Morgan fingerprint density at radius 2 is 1.82 bits per heavy atom. The summed E-state index contributed by atoms with van der Waals surface area (Å²) in [6.07, 6.45) is 4.02. The van der Waals surface area contributed by atoms with Crippen molar-refractivity contribution in [3.8, 4) is 0 Å². The summed E-state index contributed by atoms with van der Waals surface area (Å²) in [6, 6.07) is 4.04. The highest BCUT2D eigenvalue weighted by Gasteiger charge is 2.45. The van der Waals surface area contributed by atoms with Gasteiger partial charge in [0.2, 0.25) is 0 Å². The Morgan fingerprint density at radius 1 is 1.11 bits per heavy atom. The van der Waals surface area contributed by atoms with Gasteiger partial charge >= 0.3 is 0 Å². The molecule has 3 aliphatic rings. The third kappa shape index (κ3) is 3.01. The van der Waals surface area contributed by atoms with Gasteiger partial charge in [0.15, 0.2) is 11.3 Å². The van der Waals surface area contributed by atoms with E-state index in [1.165, 1.54) is 12.8 Å². The topological polar surface area (TPSA) is 74.0 Å². The van der Waals surface area contributed by atoms with Gasteiger partial charge in [0.05, 0.1) is 6.10 Å². The lowest BCUT2D eigenvalue weighted by atomic mass is 9.77. The fourth-order valence-corrected chi connectivity index (χ4v) is 5.59. The number of rotatable bonds is 2. The number of aliphatic hydroxyl groups excluding tert-OH is 1. The molecule has 2 aromatic rings. The fourth-order valence-electron chi connectivity index (χ4n) is 5.59. The predicted octanol–water partition coefficient (Wildman–Crippen LogP) is 1.65. The Kier molecular flexibility index (Phi) is 4.39. The lowest BCUT2D eigenvalue weighted by Gasteiger charge is -2.40. The third-order valence-corrected chi connectivity index (χ3v) is 6.96. The number of likely N-dealkylation sites (tertiary alicyclic amines) is 2. The molecule has 1 aliphatic carbocycles. The fraction of sp³-hybridized carbons (Fsp3) is 0.667. The second-order valence-electron chi connectivity index (χ2n) is 8.92. The highest BCUT2D eigenvalue weighted by Crippen LogP contribution is 2.39. The van der Waals surface area contributed by atoms with Crippen LogP contribution < -0.4 is 0 Å². The molecule has 0 aromatic carbocycles. The molecule has 1 N–H and O–H groups in total. The number of carbonyl (C=O) groups excluding carboxylic acids is 1. The number of fused-ring (bicyclic) bond motifs is 2. The molecule has 7 nitrogen and oxygen atoms in total. The summed E-state index contributed by atoms with van der Waals surface area (Å²) in [5, 5.41) is 15.2. The minimum Gasteiger partial charge on any atom is -0.391 e. The molecule has 0 bridgehead atoms. The van der Waals surface area contributed by atoms with E-state index in [9.17, 15) is 9.90 Å². The zero-order valence-corrected chi connectivity index (χ0v) is 16.7. The first-order chi connectivity index (χ1) is 13.5. The van der Waals surface area contributed by atoms with E-state index < -0.39 is 0 Å². The minimum atomic E-state index is -0.264. The number of aromatic nitrogens is 3. The molecule has 2 aromatic heterocycles. The summed E-state index contributed by atoms with van der Waals surface area (Å²) >= 11 is 0. The van der Waals surface area contributed by atoms with Crippen molar-refractivity contribution in [3.05, 3.63) is 29.2 Å². The van der Waals surface area contributed by atoms with Crippen LogP contribution in [0.3, 0.4) is 0 Å². The van der Waals surface area contributed by atoms with Crippen LogP contribution in [0.1, 0.15) is 47.6 Å². The first-order valence-electron chi connectivity index (χ1n) is 10.5. The Balaban J connectivity index is 1.33. The summed E-state index contributed by atoms with van der Waals surface area (Å²) in [4.78, 5) is 22.0. The monoisotopic (exact) mass is 383 g/mol. The van der Waals surface area contributed by atoms with Crippen molar-refractivity contribution in [2.75, 3.05) is 26.2 Å². The normalized spacial score (nSPS) is 30.9. The maximum Gasteiger partial charge on any atom is 0.274 e. The van der Waals surface area contributed by atoms with Gasteiger partial charge in [-0.15, -0.1) is 0 Å². The number of hydrogen-bond donors (Lipinski definition) is 1. The van der Waals surface area contributed by atoms with E-state index in [1.54, 1.807) is 10.6 Å². The molecule has 1 amide bonds. The van der Waals surface area contributed by atoms with E-state index in [-0.39, 0.29) is 18.1 Å². The highest BCUT2D eigenvalue weighted by molar-refractivity contribution is 5.93. The van der Waals surface area contributed by atoms with Gasteiger partial charge in [-0.2, -0.15) is 5.10 Å². The molecule has 4 heterocycles. The van der Waals surface area contributed by atoms with E-state index in [1.807, 2.05) is 24.8 Å². The van der Waals surface area contributed by atoms with Gasteiger partial charge in [-0.25, -0.2) is 9.50 Å². The molecule has 150 valence electrons. The van der Waals surface area contributed by atoms with Gasteiger partial charge in [0.1, 0.15) is 0 Å². The quantitative estimate of drug-likeness (QED) is 0.854. The van der Waals surface area contributed by atoms with Crippen LogP contribution in [0.5, 0.6) is 0 Å². The average Bonchev–Trinajstić information content (AvgIpc) is 3.38. The number of amides is 1. The van der Waals surface area contributed by atoms with E-state index in [2.05, 4.69) is 15.0 Å². The molecule has 2 aliphatic heterocycles. The maximum atomic E-state index is 13.1. The van der Waals surface area contributed by atoms with Crippen molar-refractivity contribution in [1.82, 2.24) is 24.4 Å². The zero-order chi connectivity index (χ0) is 19.4. The largest absolute Gasteiger partial charge is 0.391 e. The zero-order valence-electron chi connectivity index (χ0n) is 16.7. The van der Waals surface area contributed by atoms with Crippen LogP contribution >= 0.6 is 0 Å². The van der Waals surface area contributed by atoms with Crippen molar-refractivity contribution in [2.45, 2.75) is 51.7 Å². The van der Waals surface area contributed by atoms with Gasteiger partial charge < -0.3 is 10.0 Å². The second kappa shape index (κ2) is 6.81. The van der Waals surface area contributed by atoms with Crippen molar-refractivity contribution in [1.29, 1.82) is 0 Å². The summed E-state index contributed by atoms with van der Waals surface area (Å²) in [7, 11) is 0. The van der Waals surface area contributed by atoms with Crippen LogP contribution in [-0.4, -0.2) is 73.7 Å². The van der Waals surface area contributed by atoms with Crippen molar-refractivity contribution < 1.29 is 9.90 Å². The molecule has 2 saturated heterocycles. The van der Waals surface area contributed by atoms with Crippen LogP contribution in [-0.2, 0) is 0 Å². The van der Waals surface area contributed by atoms with Gasteiger partial charge in [-0.05, 0) is 70.5 Å². The second-order valence-corrected chi connectivity index (χ2v) is 8.92. The summed E-state index contributed by atoms with van der Waals surface area (Å²) in [5.41, 5.74) is 3.10. The summed E-state index contributed by atoms with van der Waals surface area (Å²) < 4.78 is 1.75. The Labute approximate surface area is 165 Å². The molecule has 28 heavy (non-hydrogen) atoms. The van der Waals surface area contributed by atoms with E-state index in [0.717, 1.165) is 56.1 Å². The van der Waals surface area contributed by atoms with E-state index >= 15 is 0 Å². The summed E-state index contributed by atoms with van der Waals surface area (Å²) in [6.45, 7) is 7.65. The highest BCUT2D eigenvalue weighted by atomic mass is 16.3. The number of aryl methyl sites for hydroxylation is 2. The van der Waals surface area contributed by atoms with Gasteiger partial charge in [0, 0.05) is 36.6 Å². The van der Waals surface area contributed by atoms with Gasteiger partial charge in [0.25, 0.3) is 5.91 Å². The van der Waals surface area contributed by atoms with E-state index in [0.29, 0.717) is 17.5 Å². The Hall–Kier alpha value is -1.99. The van der Waals surface area contributed by atoms with Gasteiger partial charge in [-0.1, -0.05) is 0 Å². The standard InChI is InChI=1S/C21H29N5O2/c1-13-7-14(2)26-20(22-13)10-17(23-26)21(28)25-11-15-8-18(24-5-3-4-6-24)19(27)9-16(15)12-25/h7,10,15-16,18-19,27H,3-6,8-9,11-12H2,1-2H3/t15-,16+,18-,19-/m1/s1. The molecule has 3 fully saturated rings. The maximum absolute atomic E-state index is 13.1. The molecule has 0 spiro atoms. The smallest absolute Gasteiger partial charge is 0.274 e. The molecular formula is C21H29N5O2. The minimum absolute atomic E-state index is 0.0100. The molecule has 7 heteroatoms. The van der Waals surface area contributed by atoms with Crippen LogP contribution in [0, 0.1) is 25.7 Å². The van der Waals surface area contributed by atoms with Crippen molar-refractivity contribution in [3.63, 3.8) is 0 Å². The molecular weight excluding hydrogens is 354 g/mol. The van der Waals surface area contributed by atoms with Crippen LogP contribution in [0.4, 0.5) is 0 Å². The molecule has 4 atom stereocenters. The molecule has 0 radical (unpaired) electrons. The van der Waals surface area contributed by atoms with Crippen LogP contribution in [0.2, 0.25) is 0 Å². The molecule has 1 saturated carbocycles. The van der Waals surface area contributed by atoms with Crippen molar-refractivity contribution in [2.24, 2.45) is 11.8 Å². The first-order valence-corrected chi connectivity index (χ1v) is 10.5. The lowest BCUT2D eigenvalue weighted by Crippen LogP contribution is -2.48. The van der Waals surface area contributed by atoms with Crippen LogP contribution in [0.25, 0.3) is 5.65 Å². The summed E-state index contributed by atoms with van der Waals surface area (Å²) in [5.74, 6) is 0.873. The third-order valence-electron chi connectivity index (χ3n) is 6.96. The predicted molar refractivity (Wildman–Crippen MR) is 105 cm³/mol. The molecule has 0 unspecified atom stereocenters.